The van der Waals surface area contributed by atoms with E-state index in [1.807, 2.05) is 24.3 Å². The molecule has 0 aliphatic rings. The fourth-order valence-electron chi connectivity index (χ4n) is 1.57. The summed E-state index contributed by atoms with van der Waals surface area (Å²) in [6, 6.07) is 16.2. The Morgan fingerprint density at radius 3 is 2.47 bits per heavy atom. The topological polar surface area (TPSA) is 9.23 Å². The van der Waals surface area contributed by atoms with Gasteiger partial charge in [-0.05, 0) is 30.2 Å². The molecule has 0 saturated carbocycles. The Bertz CT molecular complexity index is 477. The first-order valence-corrected chi connectivity index (χ1v) is 6.14. The highest BCUT2D eigenvalue weighted by atomic mass is 35.5. The minimum Gasteiger partial charge on any atom is -0.489 e. The molecular weight excluding hydrogens is 232 g/mol. The molecule has 1 nitrogen and oxygen atoms in total. The van der Waals surface area contributed by atoms with Crippen molar-refractivity contribution < 1.29 is 4.74 Å². The van der Waals surface area contributed by atoms with Crippen molar-refractivity contribution in [3.8, 4) is 5.75 Å². The molecule has 0 unspecified atom stereocenters. The fraction of sp³-hybridized carbons (Fsp3) is 0.200. The molecule has 0 heterocycles. The van der Waals surface area contributed by atoms with Crippen LogP contribution >= 0.6 is 11.6 Å². The maximum absolute atomic E-state index is 5.78. The SMILES string of the molecule is Cc1ccc(COc2cccc(CCl)c2)cc1. The first-order valence-electron chi connectivity index (χ1n) is 5.61. The zero-order valence-electron chi connectivity index (χ0n) is 9.82. The van der Waals surface area contributed by atoms with Crippen molar-refractivity contribution in [1.29, 1.82) is 0 Å². The lowest BCUT2D eigenvalue weighted by atomic mass is 10.2. The highest BCUT2D eigenvalue weighted by molar-refractivity contribution is 6.17. The van der Waals surface area contributed by atoms with E-state index >= 15 is 0 Å². The quantitative estimate of drug-likeness (QED) is 0.731. The molecule has 0 bridgehead atoms. The van der Waals surface area contributed by atoms with Crippen LogP contribution in [-0.4, -0.2) is 0 Å². The molecule has 2 aromatic rings. The van der Waals surface area contributed by atoms with E-state index in [0.29, 0.717) is 12.5 Å². The number of halogens is 1. The molecule has 0 aromatic heterocycles. The normalized spacial score (nSPS) is 10.2. The molecule has 0 spiro atoms. The second-order valence-corrected chi connectivity index (χ2v) is 4.32. The molecule has 0 saturated heterocycles. The van der Waals surface area contributed by atoms with Gasteiger partial charge in [-0.25, -0.2) is 0 Å². The van der Waals surface area contributed by atoms with Crippen LogP contribution in [0.15, 0.2) is 48.5 Å². The number of ether oxygens (including phenoxy) is 1. The van der Waals surface area contributed by atoms with Gasteiger partial charge in [0.15, 0.2) is 0 Å². The minimum atomic E-state index is 0.516. The summed E-state index contributed by atoms with van der Waals surface area (Å²) in [7, 11) is 0. The summed E-state index contributed by atoms with van der Waals surface area (Å²) in [5.74, 6) is 1.38. The predicted octanol–water partition coefficient (Wildman–Crippen LogP) is 4.31. The van der Waals surface area contributed by atoms with Crippen LogP contribution in [0.4, 0.5) is 0 Å². The Kier molecular flexibility index (Phi) is 4.05. The molecule has 0 N–H and O–H groups in total. The van der Waals surface area contributed by atoms with E-state index in [2.05, 4.69) is 31.2 Å². The summed E-state index contributed by atoms with van der Waals surface area (Å²) in [6.45, 7) is 2.67. The van der Waals surface area contributed by atoms with Gasteiger partial charge in [0, 0.05) is 5.88 Å². The van der Waals surface area contributed by atoms with Crippen LogP contribution in [0.5, 0.6) is 5.75 Å². The third kappa shape index (κ3) is 3.50. The van der Waals surface area contributed by atoms with Gasteiger partial charge in [0.05, 0.1) is 0 Å². The maximum Gasteiger partial charge on any atom is 0.120 e. The van der Waals surface area contributed by atoms with E-state index in [9.17, 15) is 0 Å². The summed E-state index contributed by atoms with van der Waals surface area (Å²) in [5.41, 5.74) is 3.51. The molecule has 0 fully saturated rings. The molecule has 0 aliphatic carbocycles. The van der Waals surface area contributed by atoms with Gasteiger partial charge in [-0.15, -0.1) is 11.6 Å². The average molecular weight is 247 g/mol. The van der Waals surface area contributed by atoms with Crippen LogP contribution in [-0.2, 0) is 12.5 Å². The number of benzene rings is 2. The van der Waals surface area contributed by atoms with Gasteiger partial charge in [-0.1, -0.05) is 42.0 Å². The number of hydrogen-bond acceptors (Lipinski definition) is 1. The van der Waals surface area contributed by atoms with Crippen molar-refractivity contribution in [1.82, 2.24) is 0 Å². The number of hydrogen-bond donors (Lipinski definition) is 0. The van der Waals surface area contributed by atoms with Crippen LogP contribution in [0, 0.1) is 6.92 Å². The second kappa shape index (κ2) is 5.74. The van der Waals surface area contributed by atoms with Gasteiger partial charge in [-0.2, -0.15) is 0 Å². The summed E-state index contributed by atoms with van der Waals surface area (Å²) in [6.07, 6.45) is 0. The van der Waals surface area contributed by atoms with Crippen molar-refractivity contribution in [3.63, 3.8) is 0 Å². The molecule has 88 valence electrons. The molecule has 2 rings (SSSR count). The predicted molar refractivity (Wildman–Crippen MR) is 71.5 cm³/mol. The Hall–Kier alpha value is -1.47. The lowest BCUT2D eigenvalue weighted by Gasteiger charge is -2.07. The molecular formula is C15H15ClO. The minimum absolute atomic E-state index is 0.516. The summed E-state index contributed by atoms with van der Waals surface area (Å²) >= 11 is 5.78. The number of alkyl halides is 1. The first kappa shape index (κ1) is 12.0. The third-order valence-corrected chi connectivity index (χ3v) is 2.89. The van der Waals surface area contributed by atoms with E-state index < -0.39 is 0 Å². The van der Waals surface area contributed by atoms with Crippen LogP contribution in [0.3, 0.4) is 0 Å². The van der Waals surface area contributed by atoms with E-state index in [0.717, 1.165) is 11.3 Å². The Labute approximate surface area is 107 Å². The molecule has 0 amide bonds. The van der Waals surface area contributed by atoms with E-state index in [4.69, 9.17) is 16.3 Å². The Morgan fingerprint density at radius 1 is 1.00 bits per heavy atom. The highest BCUT2D eigenvalue weighted by Gasteiger charge is 1.97. The zero-order chi connectivity index (χ0) is 12.1. The van der Waals surface area contributed by atoms with Gasteiger partial charge in [0.2, 0.25) is 0 Å². The molecule has 0 atom stereocenters. The molecule has 0 aliphatic heterocycles. The molecule has 0 radical (unpaired) electrons. The van der Waals surface area contributed by atoms with E-state index in [1.54, 1.807) is 0 Å². The van der Waals surface area contributed by atoms with Crippen molar-refractivity contribution in [2.75, 3.05) is 0 Å². The van der Waals surface area contributed by atoms with Gasteiger partial charge >= 0.3 is 0 Å². The molecule has 2 heteroatoms. The first-order chi connectivity index (χ1) is 8.28. The lowest BCUT2D eigenvalue weighted by molar-refractivity contribution is 0.306. The Balaban J connectivity index is 1.99. The van der Waals surface area contributed by atoms with Gasteiger partial charge in [0.25, 0.3) is 0 Å². The molecule has 2 aromatic carbocycles. The summed E-state index contributed by atoms with van der Waals surface area (Å²) in [4.78, 5) is 0. The largest absolute Gasteiger partial charge is 0.489 e. The van der Waals surface area contributed by atoms with Crippen LogP contribution in [0.1, 0.15) is 16.7 Å². The summed E-state index contributed by atoms with van der Waals surface area (Å²) in [5, 5.41) is 0. The van der Waals surface area contributed by atoms with Crippen molar-refractivity contribution in [2.45, 2.75) is 19.4 Å². The van der Waals surface area contributed by atoms with E-state index in [1.165, 1.54) is 11.1 Å². The third-order valence-electron chi connectivity index (χ3n) is 2.58. The summed E-state index contributed by atoms with van der Waals surface area (Å²) < 4.78 is 5.72. The Morgan fingerprint density at radius 2 is 1.76 bits per heavy atom. The standard InChI is InChI=1S/C15H15ClO/c1-12-5-7-13(8-6-12)11-17-15-4-2-3-14(9-15)10-16/h2-9H,10-11H2,1H3. The van der Waals surface area contributed by atoms with Gasteiger partial charge in [0.1, 0.15) is 12.4 Å². The average Bonchev–Trinajstić information content (AvgIpc) is 2.38. The smallest absolute Gasteiger partial charge is 0.120 e. The fourth-order valence-corrected chi connectivity index (χ4v) is 1.74. The second-order valence-electron chi connectivity index (χ2n) is 4.06. The monoisotopic (exact) mass is 246 g/mol. The number of rotatable bonds is 4. The van der Waals surface area contributed by atoms with Crippen molar-refractivity contribution in [2.24, 2.45) is 0 Å². The van der Waals surface area contributed by atoms with Crippen LogP contribution in [0.25, 0.3) is 0 Å². The van der Waals surface area contributed by atoms with Crippen LogP contribution < -0.4 is 4.74 Å². The van der Waals surface area contributed by atoms with Crippen LogP contribution in [0.2, 0.25) is 0 Å². The van der Waals surface area contributed by atoms with Gasteiger partial charge in [-0.3, -0.25) is 0 Å². The van der Waals surface area contributed by atoms with Gasteiger partial charge < -0.3 is 4.74 Å². The molecule has 17 heavy (non-hydrogen) atoms. The highest BCUT2D eigenvalue weighted by Crippen LogP contribution is 2.16. The zero-order valence-corrected chi connectivity index (χ0v) is 10.6. The lowest BCUT2D eigenvalue weighted by Crippen LogP contribution is -1.95. The van der Waals surface area contributed by atoms with E-state index in [-0.39, 0.29) is 0 Å². The number of aryl methyl sites for hydroxylation is 1. The maximum atomic E-state index is 5.78. The van der Waals surface area contributed by atoms with Crippen molar-refractivity contribution >= 4 is 11.6 Å². The van der Waals surface area contributed by atoms with Crippen molar-refractivity contribution in [3.05, 3.63) is 65.2 Å².